The van der Waals surface area contributed by atoms with Crippen molar-refractivity contribution < 1.29 is 0 Å². The summed E-state index contributed by atoms with van der Waals surface area (Å²) in [5.74, 6) is 1.89. The summed E-state index contributed by atoms with van der Waals surface area (Å²) < 4.78 is 0. The van der Waals surface area contributed by atoms with Gasteiger partial charge in [0, 0.05) is 17.8 Å². The van der Waals surface area contributed by atoms with Gasteiger partial charge in [-0.05, 0) is 45.1 Å². The van der Waals surface area contributed by atoms with Gasteiger partial charge >= 0.3 is 0 Å². The van der Waals surface area contributed by atoms with E-state index >= 15 is 0 Å². The molecule has 0 aromatic carbocycles. The van der Waals surface area contributed by atoms with Gasteiger partial charge in [0.05, 0.1) is 5.69 Å². The number of rotatable bonds is 5. The molecule has 1 fully saturated rings. The van der Waals surface area contributed by atoms with E-state index in [4.69, 9.17) is 0 Å². The molecule has 0 spiro atoms. The third-order valence-electron chi connectivity index (χ3n) is 4.56. The van der Waals surface area contributed by atoms with Crippen LogP contribution in [0.1, 0.15) is 56.0 Å². The fraction of sp³-hybridized carbons (Fsp3) is 0.800. The monoisotopic (exact) mass is 249 g/mol. The van der Waals surface area contributed by atoms with E-state index in [9.17, 15) is 0 Å². The zero-order valence-electron chi connectivity index (χ0n) is 12.1. The quantitative estimate of drug-likeness (QED) is 0.840. The molecule has 0 aliphatic heterocycles. The molecule has 3 nitrogen and oxygen atoms in total. The lowest BCUT2D eigenvalue weighted by Crippen LogP contribution is -2.26. The van der Waals surface area contributed by atoms with Crippen molar-refractivity contribution in [1.29, 1.82) is 0 Å². The van der Waals surface area contributed by atoms with Gasteiger partial charge in [-0.25, -0.2) is 0 Å². The van der Waals surface area contributed by atoms with Gasteiger partial charge in [-0.2, -0.15) is 5.10 Å². The molecule has 2 N–H and O–H groups in total. The summed E-state index contributed by atoms with van der Waals surface area (Å²) in [6.07, 6.45) is 7.07. The molecular weight excluding hydrogens is 222 g/mol. The third kappa shape index (κ3) is 3.35. The molecule has 18 heavy (non-hydrogen) atoms. The summed E-state index contributed by atoms with van der Waals surface area (Å²) in [6, 6.07) is 0. The average molecular weight is 249 g/mol. The second kappa shape index (κ2) is 6.37. The van der Waals surface area contributed by atoms with Gasteiger partial charge in [-0.3, -0.25) is 5.10 Å². The van der Waals surface area contributed by atoms with Crippen LogP contribution in [0, 0.1) is 25.7 Å². The van der Waals surface area contributed by atoms with E-state index in [1.807, 2.05) is 0 Å². The maximum absolute atomic E-state index is 4.24. The number of aromatic nitrogens is 2. The van der Waals surface area contributed by atoms with Crippen LogP contribution in [-0.2, 0) is 6.54 Å². The van der Waals surface area contributed by atoms with Crippen molar-refractivity contribution in [3.8, 4) is 0 Å². The molecule has 1 aromatic rings. The number of hydrogen-bond donors (Lipinski definition) is 2. The normalized spacial score (nSPS) is 24.4. The van der Waals surface area contributed by atoms with Crippen molar-refractivity contribution in [2.24, 2.45) is 11.8 Å². The summed E-state index contributed by atoms with van der Waals surface area (Å²) in [5.41, 5.74) is 3.68. The van der Waals surface area contributed by atoms with Crippen molar-refractivity contribution in [2.75, 3.05) is 6.54 Å². The third-order valence-corrected chi connectivity index (χ3v) is 4.56. The average Bonchev–Trinajstić information content (AvgIpc) is 2.71. The summed E-state index contributed by atoms with van der Waals surface area (Å²) in [4.78, 5) is 0. The van der Waals surface area contributed by atoms with E-state index in [1.165, 1.54) is 49.9 Å². The zero-order chi connectivity index (χ0) is 13.0. The second-order valence-electron chi connectivity index (χ2n) is 5.84. The first-order chi connectivity index (χ1) is 8.70. The molecule has 0 bridgehead atoms. The molecular formula is C15H27N3. The lowest BCUT2D eigenvalue weighted by molar-refractivity contribution is 0.262. The number of aromatic amines is 1. The van der Waals surface area contributed by atoms with Crippen molar-refractivity contribution in [2.45, 2.75) is 59.4 Å². The van der Waals surface area contributed by atoms with Gasteiger partial charge in [0.25, 0.3) is 0 Å². The van der Waals surface area contributed by atoms with Gasteiger partial charge in [0.1, 0.15) is 0 Å². The molecule has 102 valence electrons. The minimum atomic E-state index is 0.889. The molecule has 3 heteroatoms. The van der Waals surface area contributed by atoms with Crippen LogP contribution in [0.3, 0.4) is 0 Å². The number of aryl methyl sites for hydroxylation is 2. The van der Waals surface area contributed by atoms with Crippen LogP contribution < -0.4 is 5.32 Å². The number of nitrogens with zero attached hydrogens (tertiary/aromatic N) is 1. The van der Waals surface area contributed by atoms with E-state index in [0.29, 0.717) is 0 Å². The lowest BCUT2D eigenvalue weighted by Gasteiger charge is -2.27. The van der Waals surface area contributed by atoms with Crippen LogP contribution >= 0.6 is 0 Å². The van der Waals surface area contributed by atoms with Crippen LogP contribution in [0.15, 0.2) is 0 Å². The fourth-order valence-electron chi connectivity index (χ4n) is 3.08. The Morgan fingerprint density at radius 1 is 1.17 bits per heavy atom. The molecule has 0 amide bonds. The maximum atomic E-state index is 4.24. The van der Waals surface area contributed by atoms with Crippen LogP contribution in [0.4, 0.5) is 0 Å². The molecule has 1 aliphatic carbocycles. The highest BCUT2D eigenvalue weighted by Crippen LogP contribution is 2.30. The second-order valence-corrected chi connectivity index (χ2v) is 5.84. The summed E-state index contributed by atoms with van der Waals surface area (Å²) in [5, 5.41) is 10.9. The van der Waals surface area contributed by atoms with Crippen LogP contribution in [0.2, 0.25) is 0 Å². The van der Waals surface area contributed by atoms with Gasteiger partial charge in [0.2, 0.25) is 0 Å². The maximum Gasteiger partial charge on any atom is 0.0638 e. The Morgan fingerprint density at radius 3 is 2.39 bits per heavy atom. The van der Waals surface area contributed by atoms with E-state index < -0.39 is 0 Å². The summed E-state index contributed by atoms with van der Waals surface area (Å²) in [6.45, 7) is 8.63. The molecule has 1 saturated carbocycles. The Labute approximate surface area is 111 Å². The highest BCUT2D eigenvalue weighted by atomic mass is 15.1. The Morgan fingerprint density at radius 2 is 1.83 bits per heavy atom. The fourth-order valence-corrected chi connectivity index (χ4v) is 3.08. The van der Waals surface area contributed by atoms with Crippen molar-refractivity contribution in [3.63, 3.8) is 0 Å². The molecule has 0 saturated heterocycles. The largest absolute Gasteiger partial charge is 0.312 e. The minimum absolute atomic E-state index is 0.889. The highest BCUT2D eigenvalue weighted by Gasteiger charge is 2.19. The molecule has 0 atom stereocenters. The van der Waals surface area contributed by atoms with E-state index in [1.54, 1.807) is 0 Å². The van der Waals surface area contributed by atoms with Crippen LogP contribution in [0.25, 0.3) is 0 Å². The minimum Gasteiger partial charge on any atom is -0.312 e. The smallest absolute Gasteiger partial charge is 0.0638 e. The molecule has 0 radical (unpaired) electrons. The van der Waals surface area contributed by atoms with Crippen molar-refractivity contribution in [3.05, 3.63) is 17.0 Å². The standard InChI is InChI=1S/C15H27N3/c1-4-13-5-7-14(8-6-13)9-16-10-15-11(2)17-18-12(15)3/h13-14,16H,4-10H2,1-3H3,(H,17,18). The van der Waals surface area contributed by atoms with Crippen LogP contribution in [-0.4, -0.2) is 16.7 Å². The number of H-pyrrole nitrogens is 1. The Balaban J connectivity index is 1.70. The topological polar surface area (TPSA) is 40.7 Å². The van der Waals surface area contributed by atoms with Gasteiger partial charge in [-0.15, -0.1) is 0 Å². The lowest BCUT2D eigenvalue weighted by atomic mass is 9.81. The first-order valence-corrected chi connectivity index (χ1v) is 7.41. The SMILES string of the molecule is CCC1CCC(CNCc2c(C)n[nH]c2C)CC1. The van der Waals surface area contributed by atoms with E-state index in [2.05, 4.69) is 36.3 Å². The Kier molecular flexibility index (Phi) is 4.81. The predicted octanol–water partition coefficient (Wildman–Crippen LogP) is 3.33. The van der Waals surface area contributed by atoms with Crippen LogP contribution in [0.5, 0.6) is 0 Å². The van der Waals surface area contributed by atoms with E-state index in [-0.39, 0.29) is 0 Å². The van der Waals surface area contributed by atoms with Gasteiger partial charge < -0.3 is 5.32 Å². The number of nitrogens with one attached hydrogen (secondary N) is 2. The van der Waals surface area contributed by atoms with Gasteiger partial charge in [0.15, 0.2) is 0 Å². The number of hydrogen-bond acceptors (Lipinski definition) is 2. The Hall–Kier alpha value is -0.830. The predicted molar refractivity (Wildman–Crippen MR) is 75.5 cm³/mol. The van der Waals surface area contributed by atoms with Crippen molar-refractivity contribution in [1.82, 2.24) is 15.5 Å². The highest BCUT2D eigenvalue weighted by molar-refractivity contribution is 5.22. The molecule has 1 heterocycles. The van der Waals surface area contributed by atoms with Crippen molar-refractivity contribution >= 4 is 0 Å². The Bertz CT molecular complexity index is 342. The first-order valence-electron chi connectivity index (χ1n) is 7.41. The summed E-state index contributed by atoms with van der Waals surface area (Å²) >= 11 is 0. The first kappa shape index (κ1) is 13.6. The molecule has 0 unspecified atom stereocenters. The van der Waals surface area contributed by atoms with E-state index in [0.717, 1.165) is 24.1 Å². The zero-order valence-corrected chi connectivity index (χ0v) is 12.1. The molecule has 2 rings (SSSR count). The molecule has 1 aromatic heterocycles. The van der Waals surface area contributed by atoms with Gasteiger partial charge in [-0.1, -0.05) is 26.2 Å². The summed E-state index contributed by atoms with van der Waals surface area (Å²) in [7, 11) is 0. The molecule has 1 aliphatic rings.